The SMILES string of the molecule is CN[N+](C=S)(CCc1ccccc1)CC(=O)N(c1ccccc1)C1CCCCC1. The molecule has 0 heterocycles. The van der Waals surface area contributed by atoms with Crippen molar-refractivity contribution >= 4 is 29.3 Å². The van der Waals surface area contributed by atoms with Gasteiger partial charge in [0.25, 0.3) is 5.91 Å². The second-order valence-corrected chi connectivity index (χ2v) is 8.08. The fraction of sp³-hybridized carbons (Fsp3) is 0.417. The molecule has 0 bridgehead atoms. The molecule has 0 radical (unpaired) electrons. The van der Waals surface area contributed by atoms with Crippen molar-refractivity contribution in [3.8, 4) is 0 Å². The van der Waals surface area contributed by atoms with Crippen molar-refractivity contribution in [2.24, 2.45) is 0 Å². The molecule has 1 unspecified atom stereocenters. The molecule has 1 atom stereocenters. The van der Waals surface area contributed by atoms with Crippen LogP contribution < -0.4 is 10.3 Å². The van der Waals surface area contributed by atoms with Crippen LogP contribution in [0.1, 0.15) is 37.7 Å². The Morgan fingerprint density at radius 3 is 2.28 bits per heavy atom. The van der Waals surface area contributed by atoms with E-state index in [4.69, 9.17) is 12.2 Å². The molecule has 0 aliphatic heterocycles. The summed E-state index contributed by atoms with van der Waals surface area (Å²) in [6.07, 6.45) is 6.64. The molecule has 1 N–H and O–H groups in total. The Morgan fingerprint density at radius 2 is 1.69 bits per heavy atom. The van der Waals surface area contributed by atoms with Crippen molar-refractivity contribution < 1.29 is 9.39 Å². The molecule has 2 aromatic rings. The molecule has 29 heavy (non-hydrogen) atoms. The fourth-order valence-corrected chi connectivity index (χ4v) is 4.48. The van der Waals surface area contributed by atoms with Gasteiger partial charge in [0, 0.05) is 25.2 Å². The predicted octanol–water partition coefficient (Wildman–Crippen LogP) is 4.50. The Hall–Kier alpha value is -2.08. The normalized spacial score (nSPS) is 16.7. The van der Waals surface area contributed by atoms with E-state index in [1.165, 1.54) is 24.8 Å². The van der Waals surface area contributed by atoms with Crippen molar-refractivity contribution in [3.05, 3.63) is 66.2 Å². The Labute approximate surface area is 180 Å². The van der Waals surface area contributed by atoms with Gasteiger partial charge in [-0.25, -0.2) is 4.59 Å². The molecule has 154 valence electrons. The summed E-state index contributed by atoms with van der Waals surface area (Å²) in [4.78, 5) is 15.6. The number of nitrogens with one attached hydrogen (secondary N) is 1. The third-order valence-electron chi connectivity index (χ3n) is 5.95. The number of amides is 1. The molecule has 5 heteroatoms. The van der Waals surface area contributed by atoms with Crippen molar-refractivity contribution in [1.82, 2.24) is 5.43 Å². The third-order valence-corrected chi connectivity index (χ3v) is 6.35. The maximum Gasteiger partial charge on any atom is 0.284 e. The van der Waals surface area contributed by atoms with Gasteiger partial charge in [-0.15, -0.1) is 0 Å². The number of hydrogen-bond donors (Lipinski definition) is 1. The number of hydrogen-bond acceptors (Lipinski definition) is 3. The van der Waals surface area contributed by atoms with Gasteiger partial charge in [0.15, 0.2) is 12.0 Å². The second-order valence-electron chi connectivity index (χ2n) is 7.87. The lowest BCUT2D eigenvalue weighted by Crippen LogP contribution is -2.61. The number of carbonyl (C=O) groups excluding carboxylic acids is 1. The first kappa shape index (κ1) is 21.6. The van der Waals surface area contributed by atoms with Crippen molar-refractivity contribution in [2.45, 2.75) is 44.6 Å². The number of para-hydroxylation sites is 1. The Morgan fingerprint density at radius 1 is 1.07 bits per heavy atom. The molecule has 0 aromatic heterocycles. The standard InChI is InChI=1S/C24H32N3OS/c1-25-27(20-29,18-17-21-11-5-2-6-12-21)19-24(28)26(22-13-7-3-8-14-22)23-15-9-4-10-16-23/h2-3,5-8,11-14,20,23,25H,4,9-10,15-19H2,1H3/q+1. The van der Waals surface area contributed by atoms with Gasteiger partial charge in [0.05, 0.1) is 0 Å². The van der Waals surface area contributed by atoms with Gasteiger partial charge in [-0.3, -0.25) is 4.79 Å². The maximum atomic E-state index is 13.6. The van der Waals surface area contributed by atoms with Crippen LogP contribution in [-0.2, 0) is 11.2 Å². The molecule has 0 spiro atoms. The highest BCUT2D eigenvalue weighted by atomic mass is 32.1. The highest BCUT2D eigenvalue weighted by molar-refractivity contribution is 7.78. The molecule has 1 amide bonds. The highest BCUT2D eigenvalue weighted by Gasteiger charge is 2.34. The molecule has 4 nitrogen and oxygen atoms in total. The van der Waals surface area contributed by atoms with Crippen LogP contribution in [0.15, 0.2) is 60.7 Å². The van der Waals surface area contributed by atoms with Crippen LogP contribution >= 0.6 is 12.2 Å². The van der Waals surface area contributed by atoms with E-state index >= 15 is 0 Å². The first-order chi connectivity index (χ1) is 14.2. The molecule has 1 fully saturated rings. The zero-order valence-electron chi connectivity index (χ0n) is 17.3. The largest absolute Gasteiger partial charge is 0.304 e. The van der Waals surface area contributed by atoms with Gasteiger partial charge in [-0.05, 0) is 42.8 Å². The van der Waals surface area contributed by atoms with Crippen molar-refractivity contribution in [3.63, 3.8) is 0 Å². The molecule has 0 saturated heterocycles. The number of thiocarbonyl (C=S) groups is 1. The first-order valence-electron chi connectivity index (χ1n) is 10.6. The summed E-state index contributed by atoms with van der Waals surface area (Å²) in [5.74, 6) is 0.131. The van der Waals surface area contributed by atoms with Gasteiger partial charge >= 0.3 is 0 Å². The summed E-state index contributed by atoms with van der Waals surface area (Å²) < 4.78 is 0.291. The number of nitrogens with zero attached hydrogens (tertiary/aromatic N) is 2. The molecular weight excluding hydrogens is 378 g/mol. The van der Waals surface area contributed by atoms with Gasteiger partial charge in [-0.1, -0.05) is 67.8 Å². The molecule has 1 aliphatic rings. The number of anilines is 1. The minimum absolute atomic E-state index is 0.131. The van der Waals surface area contributed by atoms with E-state index in [1.807, 2.05) is 60.5 Å². The minimum Gasteiger partial charge on any atom is -0.304 e. The summed E-state index contributed by atoms with van der Waals surface area (Å²) in [5.41, 5.74) is 7.25. The van der Waals surface area contributed by atoms with Crippen LogP contribution in [0.4, 0.5) is 5.69 Å². The lowest BCUT2D eigenvalue weighted by molar-refractivity contribution is -0.868. The maximum absolute atomic E-state index is 13.6. The van der Waals surface area contributed by atoms with E-state index in [0.717, 1.165) is 31.5 Å². The highest BCUT2D eigenvalue weighted by Crippen LogP contribution is 2.28. The monoisotopic (exact) mass is 410 g/mol. The zero-order valence-corrected chi connectivity index (χ0v) is 18.1. The van der Waals surface area contributed by atoms with Gasteiger partial charge < -0.3 is 4.90 Å². The summed E-state index contributed by atoms with van der Waals surface area (Å²) >= 11 is 5.39. The quantitative estimate of drug-likeness (QED) is 0.375. The molecule has 1 saturated carbocycles. The smallest absolute Gasteiger partial charge is 0.284 e. The number of quaternary nitrogens is 1. The van der Waals surface area contributed by atoms with Crippen molar-refractivity contribution in [2.75, 3.05) is 25.0 Å². The number of benzene rings is 2. The van der Waals surface area contributed by atoms with Crippen LogP contribution in [0, 0.1) is 0 Å². The Kier molecular flexibility index (Phi) is 7.92. The molecule has 1 aliphatic carbocycles. The fourth-order valence-electron chi connectivity index (χ4n) is 4.19. The van der Waals surface area contributed by atoms with Crippen LogP contribution in [-0.4, -0.2) is 42.2 Å². The van der Waals surface area contributed by atoms with Crippen molar-refractivity contribution in [1.29, 1.82) is 0 Å². The lowest BCUT2D eigenvalue weighted by Gasteiger charge is -2.38. The van der Waals surface area contributed by atoms with Gasteiger partial charge in [0.2, 0.25) is 0 Å². The van der Waals surface area contributed by atoms with Crippen LogP contribution in [0.2, 0.25) is 0 Å². The minimum atomic E-state index is 0.131. The van der Waals surface area contributed by atoms with E-state index in [0.29, 0.717) is 11.1 Å². The Balaban J connectivity index is 1.78. The second kappa shape index (κ2) is 10.6. The zero-order chi connectivity index (χ0) is 20.5. The average molecular weight is 411 g/mol. The van der Waals surface area contributed by atoms with Gasteiger partial charge in [-0.2, -0.15) is 5.43 Å². The molecule has 3 rings (SSSR count). The van der Waals surface area contributed by atoms with Crippen LogP contribution in [0.25, 0.3) is 0 Å². The summed E-state index contributed by atoms with van der Waals surface area (Å²) in [6, 6.07) is 20.7. The van der Waals surface area contributed by atoms with E-state index in [2.05, 4.69) is 17.6 Å². The lowest BCUT2D eigenvalue weighted by atomic mass is 9.93. The van der Waals surface area contributed by atoms with Crippen LogP contribution in [0.3, 0.4) is 0 Å². The average Bonchev–Trinajstić information content (AvgIpc) is 2.79. The molecular formula is C24H32N3OS+. The summed E-state index contributed by atoms with van der Waals surface area (Å²) in [6.45, 7) is 1.06. The Bertz CT molecular complexity index is 777. The van der Waals surface area contributed by atoms with Gasteiger partial charge in [0.1, 0.15) is 6.54 Å². The topological polar surface area (TPSA) is 32.3 Å². The summed E-state index contributed by atoms with van der Waals surface area (Å²) in [7, 11) is 1.88. The summed E-state index contributed by atoms with van der Waals surface area (Å²) in [5, 5.41) is 0. The van der Waals surface area contributed by atoms with E-state index in [9.17, 15) is 4.79 Å². The molecule has 2 aromatic carbocycles. The predicted molar refractivity (Wildman–Crippen MR) is 124 cm³/mol. The third kappa shape index (κ3) is 5.72. The first-order valence-corrected chi connectivity index (χ1v) is 11.1. The van der Waals surface area contributed by atoms with E-state index < -0.39 is 0 Å². The number of carbonyl (C=O) groups is 1. The van der Waals surface area contributed by atoms with E-state index in [1.54, 1.807) is 5.49 Å². The van der Waals surface area contributed by atoms with Crippen LogP contribution in [0.5, 0.6) is 0 Å². The number of rotatable bonds is 9. The van der Waals surface area contributed by atoms with E-state index in [-0.39, 0.29) is 11.9 Å².